The molecule has 1 heteroatoms. The second kappa shape index (κ2) is 3.70. The van der Waals surface area contributed by atoms with Gasteiger partial charge in [-0.25, -0.2) is 0 Å². The molecule has 0 aliphatic carbocycles. The minimum Gasteiger partial charge on any atom is -0.265 e. The lowest BCUT2D eigenvalue weighted by molar-refractivity contribution is 0.656. The molecular formula is C11H17N. The topological polar surface area (TPSA) is 12.4 Å². The number of nitrogens with zero attached hydrogens (tertiary/aromatic N) is 1. The van der Waals surface area contributed by atoms with Crippen molar-refractivity contribution in [3.8, 4) is 0 Å². The molecule has 0 fully saturated rings. The molecule has 0 aromatic rings. The van der Waals surface area contributed by atoms with Crippen LogP contribution in [-0.2, 0) is 0 Å². The summed E-state index contributed by atoms with van der Waals surface area (Å²) in [5.41, 5.74) is 3.76. The fraction of sp³-hybridized carbons (Fsp3) is 0.545. The van der Waals surface area contributed by atoms with Crippen molar-refractivity contribution in [2.45, 2.75) is 33.6 Å². The Hall–Kier alpha value is -0.850. The molecule has 12 heavy (non-hydrogen) atoms. The van der Waals surface area contributed by atoms with Crippen LogP contribution in [0, 0.1) is 5.92 Å². The summed E-state index contributed by atoms with van der Waals surface area (Å²) in [5.74, 6) is 0.606. The Morgan fingerprint density at radius 1 is 1.67 bits per heavy atom. The van der Waals surface area contributed by atoms with E-state index in [9.17, 15) is 0 Å². The van der Waals surface area contributed by atoms with Crippen molar-refractivity contribution in [2.24, 2.45) is 10.9 Å². The van der Waals surface area contributed by atoms with Crippen LogP contribution in [-0.4, -0.2) is 5.71 Å². The van der Waals surface area contributed by atoms with E-state index in [1.165, 1.54) is 23.3 Å². The Kier molecular flexibility index (Phi) is 2.85. The molecule has 1 aliphatic rings. The monoisotopic (exact) mass is 163 g/mol. The molecule has 1 unspecified atom stereocenters. The van der Waals surface area contributed by atoms with Gasteiger partial charge in [-0.2, -0.15) is 0 Å². The Balaban J connectivity index is 2.82. The van der Waals surface area contributed by atoms with Gasteiger partial charge in [0.25, 0.3) is 0 Å². The van der Waals surface area contributed by atoms with E-state index in [4.69, 9.17) is 0 Å². The standard InChI is InChI=1S/C11H17N/c1-5-8(2)11-7-12-10(4)6-9(11)3/h7-8H,3,5-6H2,1-2,4H3. The third-order valence-electron chi connectivity index (χ3n) is 2.44. The number of allylic oxidation sites excluding steroid dienone is 2. The highest BCUT2D eigenvalue weighted by Crippen LogP contribution is 2.26. The molecule has 0 bridgehead atoms. The summed E-state index contributed by atoms with van der Waals surface area (Å²) in [5, 5.41) is 0. The molecule has 0 N–H and O–H groups in total. The van der Waals surface area contributed by atoms with Crippen LogP contribution in [0.4, 0.5) is 0 Å². The van der Waals surface area contributed by atoms with Crippen LogP contribution in [0.1, 0.15) is 33.6 Å². The lowest BCUT2D eigenvalue weighted by atomic mass is 9.89. The summed E-state index contributed by atoms with van der Waals surface area (Å²) < 4.78 is 0. The maximum atomic E-state index is 4.32. The highest BCUT2D eigenvalue weighted by molar-refractivity contribution is 5.86. The first kappa shape index (κ1) is 9.24. The Morgan fingerprint density at radius 2 is 2.33 bits per heavy atom. The van der Waals surface area contributed by atoms with E-state index < -0.39 is 0 Å². The van der Waals surface area contributed by atoms with Crippen LogP contribution >= 0.6 is 0 Å². The third kappa shape index (κ3) is 1.84. The van der Waals surface area contributed by atoms with Crippen molar-refractivity contribution in [1.82, 2.24) is 0 Å². The lowest BCUT2D eigenvalue weighted by Gasteiger charge is -2.19. The number of hydrogen-bond acceptors (Lipinski definition) is 1. The van der Waals surface area contributed by atoms with Crippen LogP contribution in [0.5, 0.6) is 0 Å². The number of aliphatic imine (C=N–C) groups is 1. The lowest BCUT2D eigenvalue weighted by Crippen LogP contribution is -2.07. The van der Waals surface area contributed by atoms with Gasteiger partial charge in [0, 0.05) is 18.3 Å². The molecule has 1 aliphatic heterocycles. The fourth-order valence-corrected chi connectivity index (χ4v) is 1.42. The minimum absolute atomic E-state index is 0.606. The van der Waals surface area contributed by atoms with Crippen molar-refractivity contribution < 1.29 is 0 Å². The van der Waals surface area contributed by atoms with Gasteiger partial charge in [-0.15, -0.1) is 0 Å². The molecule has 0 amide bonds. The second-order valence-corrected chi connectivity index (χ2v) is 3.54. The zero-order chi connectivity index (χ0) is 9.14. The maximum Gasteiger partial charge on any atom is 0.0304 e. The van der Waals surface area contributed by atoms with E-state index in [0.717, 1.165) is 6.42 Å². The summed E-state index contributed by atoms with van der Waals surface area (Å²) in [6, 6.07) is 0. The van der Waals surface area contributed by atoms with Gasteiger partial charge >= 0.3 is 0 Å². The van der Waals surface area contributed by atoms with Crippen molar-refractivity contribution >= 4 is 5.71 Å². The third-order valence-corrected chi connectivity index (χ3v) is 2.44. The van der Waals surface area contributed by atoms with Gasteiger partial charge in [0.2, 0.25) is 0 Å². The van der Waals surface area contributed by atoms with Gasteiger partial charge in [0.15, 0.2) is 0 Å². The highest BCUT2D eigenvalue weighted by atomic mass is 14.7. The summed E-state index contributed by atoms with van der Waals surface area (Å²) in [7, 11) is 0. The van der Waals surface area contributed by atoms with Crippen molar-refractivity contribution in [2.75, 3.05) is 0 Å². The van der Waals surface area contributed by atoms with Gasteiger partial charge < -0.3 is 0 Å². The maximum absolute atomic E-state index is 4.32. The SMILES string of the molecule is C=C1CC(C)=NC=C1C(C)CC. The molecule has 0 aromatic heterocycles. The van der Waals surface area contributed by atoms with E-state index in [1.54, 1.807) is 0 Å². The van der Waals surface area contributed by atoms with Gasteiger partial charge in [-0.3, -0.25) is 4.99 Å². The summed E-state index contributed by atoms with van der Waals surface area (Å²) >= 11 is 0. The quantitative estimate of drug-likeness (QED) is 0.592. The van der Waals surface area contributed by atoms with E-state index in [2.05, 4.69) is 32.3 Å². The van der Waals surface area contributed by atoms with Crippen molar-refractivity contribution in [3.05, 3.63) is 23.9 Å². The van der Waals surface area contributed by atoms with Gasteiger partial charge in [0.1, 0.15) is 0 Å². The Labute approximate surface area is 74.9 Å². The van der Waals surface area contributed by atoms with Crippen molar-refractivity contribution in [1.29, 1.82) is 0 Å². The molecule has 1 atom stereocenters. The first-order chi connectivity index (χ1) is 5.65. The van der Waals surface area contributed by atoms with Crippen LogP contribution in [0.15, 0.2) is 28.9 Å². The minimum atomic E-state index is 0.606. The van der Waals surface area contributed by atoms with Crippen LogP contribution < -0.4 is 0 Å². The second-order valence-electron chi connectivity index (χ2n) is 3.54. The first-order valence-corrected chi connectivity index (χ1v) is 4.56. The molecule has 66 valence electrons. The summed E-state index contributed by atoms with van der Waals surface area (Å²) in [6.07, 6.45) is 4.10. The predicted molar refractivity (Wildman–Crippen MR) is 54.4 cm³/mol. The van der Waals surface area contributed by atoms with Gasteiger partial charge in [-0.1, -0.05) is 20.4 Å². The average molecular weight is 163 g/mol. The van der Waals surface area contributed by atoms with E-state index in [1.807, 2.05) is 6.20 Å². The van der Waals surface area contributed by atoms with Crippen LogP contribution in [0.25, 0.3) is 0 Å². The Bertz CT molecular complexity index is 246. The highest BCUT2D eigenvalue weighted by Gasteiger charge is 2.13. The average Bonchev–Trinajstić information content (AvgIpc) is 2.03. The molecule has 1 rings (SSSR count). The van der Waals surface area contributed by atoms with E-state index in [0.29, 0.717) is 5.92 Å². The number of hydrogen-bond donors (Lipinski definition) is 0. The largest absolute Gasteiger partial charge is 0.265 e. The van der Waals surface area contributed by atoms with Gasteiger partial charge in [0.05, 0.1) is 0 Å². The van der Waals surface area contributed by atoms with Crippen LogP contribution in [0.2, 0.25) is 0 Å². The molecule has 0 radical (unpaired) electrons. The Morgan fingerprint density at radius 3 is 2.83 bits per heavy atom. The first-order valence-electron chi connectivity index (χ1n) is 4.56. The van der Waals surface area contributed by atoms with E-state index >= 15 is 0 Å². The normalized spacial score (nSPS) is 20.1. The summed E-state index contributed by atoms with van der Waals surface area (Å²) in [4.78, 5) is 4.32. The van der Waals surface area contributed by atoms with Crippen LogP contribution in [0.3, 0.4) is 0 Å². The number of rotatable bonds is 2. The molecule has 0 saturated carbocycles. The zero-order valence-corrected chi connectivity index (χ0v) is 8.22. The van der Waals surface area contributed by atoms with Gasteiger partial charge in [-0.05, 0) is 30.4 Å². The molecule has 1 heterocycles. The molecule has 0 saturated heterocycles. The van der Waals surface area contributed by atoms with Crippen molar-refractivity contribution in [3.63, 3.8) is 0 Å². The predicted octanol–water partition coefficient (Wildman–Crippen LogP) is 3.34. The zero-order valence-electron chi connectivity index (χ0n) is 8.22. The molecule has 1 nitrogen and oxygen atoms in total. The fourth-order valence-electron chi connectivity index (χ4n) is 1.42. The molecule has 0 aromatic carbocycles. The molecular weight excluding hydrogens is 146 g/mol. The molecule has 0 spiro atoms. The summed E-state index contributed by atoms with van der Waals surface area (Å²) in [6.45, 7) is 10.5. The van der Waals surface area contributed by atoms with E-state index in [-0.39, 0.29) is 0 Å². The smallest absolute Gasteiger partial charge is 0.0304 e.